The van der Waals surface area contributed by atoms with Crippen LogP contribution in [0.2, 0.25) is 5.02 Å². The highest BCUT2D eigenvalue weighted by Gasteiger charge is 2.32. The number of nitrogens with zero attached hydrogens (tertiary/aromatic N) is 2. The molecule has 0 saturated carbocycles. The topological polar surface area (TPSA) is 69.0 Å². The molecular weight excluding hydrogens is 497 g/mol. The average Bonchev–Trinajstić information content (AvgIpc) is 2.63. The Kier molecular flexibility index (Phi) is 5.81. The predicted octanol–water partition coefficient (Wildman–Crippen LogP) is 4.67. The number of aromatic nitrogens is 2. The second-order valence-electron chi connectivity index (χ2n) is 6.19. The summed E-state index contributed by atoms with van der Waals surface area (Å²) in [4.78, 5) is 16.9. The summed E-state index contributed by atoms with van der Waals surface area (Å²) >= 11 is 8.99. The largest absolute Gasteiger partial charge is 0.416 e. The van der Waals surface area contributed by atoms with Crippen LogP contribution in [0.25, 0.3) is 10.9 Å². The number of halogens is 5. The van der Waals surface area contributed by atoms with E-state index in [0.717, 1.165) is 23.0 Å². The number of alkyl halides is 3. The van der Waals surface area contributed by atoms with Crippen LogP contribution in [0.4, 0.5) is 13.2 Å². The van der Waals surface area contributed by atoms with Gasteiger partial charge in [-0.05, 0) is 51.8 Å². The molecule has 2 aromatic carbocycles. The molecule has 0 saturated heterocycles. The van der Waals surface area contributed by atoms with Gasteiger partial charge in [0.2, 0.25) is 0 Å². The first kappa shape index (κ1) is 21.8. The number of fused-ring (bicyclic) bond motifs is 1. The van der Waals surface area contributed by atoms with Gasteiger partial charge in [0.1, 0.15) is 0 Å². The smallest absolute Gasteiger partial charge is 0.294 e. The minimum atomic E-state index is -4.64. The van der Waals surface area contributed by atoms with Gasteiger partial charge < -0.3 is 0 Å². The fraction of sp³-hybridized carbons (Fsp3) is 0.222. The van der Waals surface area contributed by atoms with E-state index in [1.165, 1.54) is 25.1 Å². The summed E-state index contributed by atoms with van der Waals surface area (Å²) in [7, 11) is -3.60. The van der Waals surface area contributed by atoms with E-state index in [0.29, 0.717) is 0 Å². The Morgan fingerprint density at radius 2 is 1.90 bits per heavy atom. The molecule has 1 heterocycles. The Balaban J connectivity index is 2.20. The van der Waals surface area contributed by atoms with Crippen LogP contribution in [-0.4, -0.2) is 23.7 Å². The number of benzene rings is 2. The zero-order valence-electron chi connectivity index (χ0n) is 14.8. The first-order chi connectivity index (χ1) is 13.4. The van der Waals surface area contributed by atoms with E-state index < -0.39 is 27.1 Å². The highest BCUT2D eigenvalue weighted by molar-refractivity contribution is 9.10. The van der Waals surface area contributed by atoms with Gasteiger partial charge in [0.25, 0.3) is 5.56 Å². The van der Waals surface area contributed by atoms with Gasteiger partial charge in [0.05, 0.1) is 40.0 Å². The molecule has 0 fully saturated rings. The Morgan fingerprint density at radius 3 is 2.52 bits per heavy atom. The lowest BCUT2D eigenvalue weighted by molar-refractivity contribution is -0.137. The molecule has 11 heteroatoms. The lowest BCUT2D eigenvalue weighted by atomic mass is 10.1. The van der Waals surface area contributed by atoms with Crippen molar-refractivity contribution < 1.29 is 21.6 Å². The predicted molar refractivity (Wildman–Crippen MR) is 107 cm³/mol. The molecule has 1 aromatic heterocycles. The third-order valence-corrected chi connectivity index (χ3v) is 6.95. The summed E-state index contributed by atoms with van der Waals surface area (Å²) in [6.45, 7) is 1.26. The van der Waals surface area contributed by atoms with Gasteiger partial charge in [-0.15, -0.1) is 0 Å². The molecule has 0 aliphatic carbocycles. The maximum Gasteiger partial charge on any atom is 0.416 e. The van der Waals surface area contributed by atoms with Crippen LogP contribution in [0, 0.1) is 0 Å². The van der Waals surface area contributed by atoms with Crippen molar-refractivity contribution >= 4 is 48.3 Å². The molecule has 0 atom stereocenters. The highest BCUT2D eigenvalue weighted by Crippen LogP contribution is 2.33. The molecule has 0 radical (unpaired) electrons. The van der Waals surface area contributed by atoms with Crippen molar-refractivity contribution in [1.82, 2.24) is 9.55 Å². The molecule has 0 bridgehead atoms. The standard InChI is InChI=1S/C18H13BrClF3N2O3S/c1-2-29(27,28)15-4-3-12(20)5-10(15)8-25-9-24-16-13(17(25)26)6-11(7-14(16)19)18(21,22)23/h3-7,9H,2,8H2,1H3. The number of sulfone groups is 1. The normalized spacial score (nSPS) is 12.5. The van der Waals surface area contributed by atoms with Crippen molar-refractivity contribution in [3.63, 3.8) is 0 Å². The Hall–Kier alpha value is -1.91. The van der Waals surface area contributed by atoms with Crippen LogP contribution in [0.15, 0.2) is 50.8 Å². The SMILES string of the molecule is CCS(=O)(=O)c1ccc(Cl)cc1Cn1cnc2c(Br)cc(C(F)(F)F)cc2c1=O. The van der Waals surface area contributed by atoms with Gasteiger partial charge in [0, 0.05) is 9.50 Å². The molecule has 0 amide bonds. The zero-order chi connectivity index (χ0) is 21.6. The third kappa shape index (κ3) is 4.34. The third-order valence-electron chi connectivity index (χ3n) is 4.29. The molecule has 0 unspecified atom stereocenters. The fourth-order valence-electron chi connectivity index (χ4n) is 2.82. The van der Waals surface area contributed by atoms with Gasteiger partial charge >= 0.3 is 6.18 Å². The first-order valence-corrected chi connectivity index (χ1v) is 11.0. The first-order valence-electron chi connectivity index (χ1n) is 8.21. The van der Waals surface area contributed by atoms with Gasteiger partial charge in [0.15, 0.2) is 9.84 Å². The van der Waals surface area contributed by atoms with Crippen LogP contribution in [0.1, 0.15) is 18.1 Å². The zero-order valence-corrected chi connectivity index (χ0v) is 18.0. The lowest BCUT2D eigenvalue weighted by Crippen LogP contribution is -2.23. The van der Waals surface area contributed by atoms with Crippen LogP contribution < -0.4 is 5.56 Å². The molecule has 0 spiro atoms. The van der Waals surface area contributed by atoms with Crippen molar-refractivity contribution in [3.05, 3.63) is 67.6 Å². The quantitative estimate of drug-likeness (QED) is 0.512. The lowest BCUT2D eigenvalue weighted by Gasteiger charge is -2.13. The van der Waals surface area contributed by atoms with E-state index in [2.05, 4.69) is 20.9 Å². The molecule has 0 aliphatic heterocycles. The van der Waals surface area contributed by atoms with Crippen molar-refractivity contribution in [2.24, 2.45) is 0 Å². The summed E-state index contributed by atoms with van der Waals surface area (Å²) in [5.74, 6) is -0.158. The molecule has 3 aromatic rings. The monoisotopic (exact) mass is 508 g/mol. The minimum absolute atomic E-state index is 0.00150. The molecule has 0 N–H and O–H groups in total. The average molecular weight is 510 g/mol. The highest BCUT2D eigenvalue weighted by atomic mass is 79.9. The molecule has 0 aliphatic rings. The van der Waals surface area contributed by atoms with E-state index >= 15 is 0 Å². The number of hydrogen-bond acceptors (Lipinski definition) is 4. The molecular formula is C18H13BrClF3N2O3S. The Bertz CT molecular complexity index is 1270. The van der Waals surface area contributed by atoms with E-state index in [1.54, 1.807) is 0 Å². The number of rotatable bonds is 4. The van der Waals surface area contributed by atoms with Gasteiger partial charge in [-0.2, -0.15) is 13.2 Å². The Labute approximate surface area is 177 Å². The van der Waals surface area contributed by atoms with Crippen LogP contribution >= 0.6 is 27.5 Å². The van der Waals surface area contributed by atoms with Gasteiger partial charge in [-0.3, -0.25) is 9.36 Å². The second-order valence-corrected chi connectivity index (χ2v) is 9.72. The van der Waals surface area contributed by atoms with Crippen molar-refractivity contribution in [2.45, 2.75) is 24.5 Å². The molecule has 5 nitrogen and oxygen atoms in total. The van der Waals surface area contributed by atoms with Crippen molar-refractivity contribution in [3.8, 4) is 0 Å². The van der Waals surface area contributed by atoms with E-state index in [-0.39, 0.29) is 43.2 Å². The molecule has 154 valence electrons. The van der Waals surface area contributed by atoms with E-state index in [4.69, 9.17) is 11.6 Å². The maximum atomic E-state index is 13.1. The molecule has 29 heavy (non-hydrogen) atoms. The summed E-state index contributed by atoms with van der Waals surface area (Å²) in [5, 5.41) is 0.0232. The van der Waals surface area contributed by atoms with E-state index in [9.17, 15) is 26.4 Å². The summed E-state index contributed by atoms with van der Waals surface area (Å²) in [6, 6.07) is 5.74. The Morgan fingerprint density at radius 1 is 1.21 bits per heavy atom. The summed E-state index contributed by atoms with van der Waals surface area (Å²) < 4.78 is 65.1. The van der Waals surface area contributed by atoms with Crippen LogP contribution in [0.5, 0.6) is 0 Å². The van der Waals surface area contributed by atoms with Crippen LogP contribution in [0.3, 0.4) is 0 Å². The van der Waals surface area contributed by atoms with Crippen molar-refractivity contribution in [2.75, 3.05) is 5.75 Å². The second kappa shape index (κ2) is 7.73. The van der Waals surface area contributed by atoms with E-state index in [1.807, 2.05) is 0 Å². The minimum Gasteiger partial charge on any atom is -0.294 e. The van der Waals surface area contributed by atoms with Gasteiger partial charge in [-0.1, -0.05) is 18.5 Å². The van der Waals surface area contributed by atoms with Crippen LogP contribution in [-0.2, 0) is 22.6 Å². The summed E-state index contributed by atoms with van der Waals surface area (Å²) in [6.07, 6.45) is -3.48. The molecule has 3 rings (SSSR count). The van der Waals surface area contributed by atoms with Gasteiger partial charge in [-0.25, -0.2) is 13.4 Å². The summed E-state index contributed by atoms with van der Waals surface area (Å²) in [5.41, 5.74) is -1.41. The number of hydrogen-bond donors (Lipinski definition) is 0. The van der Waals surface area contributed by atoms with Crippen molar-refractivity contribution in [1.29, 1.82) is 0 Å². The fourth-order valence-corrected chi connectivity index (χ4v) is 4.68. The maximum absolute atomic E-state index is 13.1.